The molecule has 0 saturated carbocycles. The molecule has 2 rings (SSSR count). The SMILES string of the molecule is Nc1ncc(Oc2cccc(Cl)c2)cn1. The Morgan fingerprint density at radius 3 is 2.53 bits per heavy atom. The summed E-state index contributed by atoms with van der Waals surface area (Å²) in [6.45, 7) is 0. The van der Waals surface area contributed by atoms with Gasteiger partial charge in [-0.2, -0.15) is 0 Å². The van der Waals surface area contributed by atoms with E-state index in [9.17, 15) is 0 Å². The van der Waals surface area contributed by atoms with Crippen molar-refractivity contribution in [3.63, 3.8) is 0 Å². The summed E-state index contributed by atoms with van der Waals surface area (Å²) in [4.78, 5) is 7.61. The number of nitrogens with two attached hydrogens (primary N) is 1. The first-order valence-corrected chi connectivity index (χ1v) is 4.63. The first-order valence-electron chi connectivity index (χ1n) is 4.25. The Labute approximate surface area is 91.7 Å². The van der Waals surface area contributed by atoms with Crippen molar-refractivity contribution in [2.75, 3.05) is 5.73 Å². The van der Waals surface area contributed by atoms with Gasteiger partial charge in [0.2, 0.25) is 5.95 Å². The van der Waals surface area contributed by atoms with E-state index in [0.717, 1.165) is 0 Å². The second-order valence-electron chi connectivity index (χ2n) is 2.84. The zero-order valence-corrected chi connectivity index (χ0v) is 8.48. The van der Waals surface area contributed by atoms with Crippen LogP contribution in [0.3, 0.4) is 0 Å². The minimum absolute atomic E-state index is 0.216. The molecule has 1 heterocycles. The van der Waals surface area contributed by atoms with Crippen molar-refractivity contribution in [2.45, 2.75) is 0 Å². The van der Waals surface area contributed by atoms with E-state index in [-0.39, 0.29) is 5.95 Å². The molecule has 0 bridgehead atoms. The molecule has 0 aliphatic heterocycles. The Kier molecular flexibility index (Phi) is 2.69. The highest BCUT2D eigenvalue weighted by Gasteiger charge is 1.98. The summed E-state index contributed by atoms with van der Waals surface area (Å²) in [7, 11) is 0. The fraction of sp³-hybridized carbons (Fsp3) is 0. The Balaban J connectivity index is 2.18. The molecule has 15 heavy (non-hydrogen) atoms. The van der Waals surface area contributed by atoms with E-state index >= 15 is 0 Å². The van der Waals surface area contributed by atoms with E-state index in [4.69, 9.17) is 22.1 Å². The highest BCUT2D eigenvalue weighted by molar-refractivity contribution is 6.30. The molecule has 5 heteroatoms. The standard InChI is InChI=1S/C10H8ClN3O/c11-7-2-1-3-8(4-7)15-9-5-13-10(12)14-6-9/h1-6H,(H2,12,13,14). The van der Waals surface area contributed by atoms with E-state index in [1.807, 2.05) is 0 Å². The van der Waals surface area contributed by atoms with Crippen molar-refractivity contribution < 1.29 is 4.74 Å². The van der Waals surface area contributed by atoms with Crippen LogP contribution in [-0.4, -0.2) is 9.97 Å². The highest BCUT2D eigenvalue weighted by atomic mass is 35.5. The van der Waals surface area contributed by atoms with Crippen LogP contribution in [-0.2, 0) is 0 Å². The minimum atomic E-state index is 0.216. The number of halogens is 1. The lowest BCUT2D eigenvalue weighted by Gasteiger charge is -2.04. The summed E-state index contributed by atoms with van der Waals surface area (Å²) >= 11 is 5.81. The summed E-state index contributed by atoms with van der Waals surface area (Å²) < 4.78 is 5.45. The van der Waals surface area contributed by atoms with Gasteiger partial charge in [0, 0.05) is 5.02 Å². The monoisotopic (exact) mass is 221 g/mol. The number of hydrogen-bond donors (Lipinski definition) is 1. The molecule has 1 aromatic heterocycles. The van der Waals surface area contributed by atoms with Crippen molar-refractivity contribution >= 4 is 17.5 Å². The molecule has 0 aliphatic carbocycles. The molecule has 2 aromatic rings. The summed E-state index contributed by atoms with van der Waals surface area (Å²) in [6.07, 6.45) is 3.01. The number of rotatable bonds is 2. The second kappa shape index (κ2) is 4.14. The number of nitrogen functional groups attached to an aromatic ring is 1. The highest BCUT2D eigenvalue weighted by Crippen LogP contribution is 2.22. The average molecular weight is 222 g/mol. The first-order chi connectivity index (χ1) is 7.24. The van der Waals surface area contributed by atoms with Gasteiger partial charge in [0.15, 0.2) is 5.75 Å². The fourth-order valence-electron chi connectivity index (χ4n) is 1.05. The number of hydrogen-bond acceptors (Lipinski definition) is 4. The molecule has 0 fully saturated rings. The third-order valence-corrected chi connectivity index (χ3v) is 1.92. The van der Waals surface area contributed by atoms with Crippen LogP contribution in [0, 0.1) is 0 Å². The summed E-state index contributed by atoms with van der Waals surface area (Å²) in [5, 5.41) is 0.615. The van der Waals surface area contributed by atoms with Gasteiger partial charge in [0.25, 0.3) is 0 Å². The van der Waals surface area contributed by atoms with Crippen molar-refractivity contribution in [1.29, 1.82) is 0 Å². The van der Waals surface area contributed by atoms with Crippen LogP contribution in [0.2, 0.25) is 5.02 Å². The van der Waals surface area contributed by atoms with Gasteiger partial charge in [-0.3, -0.25) is 0 Å². The minimum Gasteiger partial charge on any atom is -0.454 e. The largest absolute Gasteiger partial charge is 0.454 e. The second-order valence-corrected chi connectivity index (χ2v) is 3.27. The van der Waals surface area contributed by atoms with Gasteiger partial charge in [-0.15, -0.1) is 0 Å². The normalized spacial score (nSPS) is 9.93. The number of anilines is 1. The third-order valence-electron chi connectivity index (χ3n) is 1.68. The lowest BCUT2D eigenvalue weighted by Crippen LogP contribution is -1.94. The van der Waals surface area contributed by atoms with Crippen LogP contribution < -0.4 is 10.5 Å². The van der Waals surface area contributed by atoms with Gasteiger partial charge in [-0.05, 0) is 18.2 Å². The van der Waals surface area contributed by atoms with E-state index in [0.29, 0.717) is 16.5 Å². The number of benzene rings is 1. The van der Waals surface area contributed by atoms with E-state index in [1.165, 1.54) is 12.4 Å². The zero-order chi connectivity index (χ0) is 10.7. The molecule has 0 radical (unpaired) electrons. The van der Waals surface area contributed by atoms with E-state index in [1.54, 1.807) is 24.3 Å². The van der Waals surface area contributed by atoms with Crippen molar-refractivity contribution in [3.05, 3.63) is 41.7 Å². The van der Waals surface area contributed by atoms with E-state index < -0.39 is 0 Å². The van der Waals surface area contributed by atoms with Crippen molar-refractivity contribution in [1.82, 2.24) is 9.97 Å². The first kappa shape index (κ1) is 9.73. The predicted molar refractivity (Wildman–Crippen MR) is 58.0 cm³/mol. The molecular formula is C10H8ClN3O. The number of nitrogens with zero attached hydrogens (tertiary/aromatic N) is 2. The number of aromatic nitrogens is 2. The molecule has 76 valence electrons. The Morgan fingerprint density at radius 1 is 1.13 bits per heavy atom. The maximum atomic E-state index is 5.81. The summed E-state index contributed by atoms with van der Waals surface area (Å²) in [5.74, 6) is 1.37. The molecule has 0 spiro atoms. The van der Waals surface area contributed by atoms with Gasteiger partial charge in [-0.25, -0.2) is 9.97 Å². The fourth-order valence-corrected chi connectivity index (χ4v) is 1.23. The van der Waals surface area contributed by atoms with Crippen LogP contribution in [0.5, 0.6) is 11.5 Å². The maximum Gasteiger partial charge on any atom is 0.220 e. The summed E-state index contributed by atoms with van der Waals surface area (Å²) in [6, 6.07) is 7.07. The van der Waals surface area contributed by atoms with Crippen LogP contribution in [0.25, 0.3) is 0 Å². The van der Waals surface area contributed by atoms with Gasteiger partial charge in [0.05, 0.1) is 12.4 Å². The molecule has 0 aliphatic rings. The molecule has 0 saturated heterocycles. The lowest BCUT2D eigenvalue weighted by atomic mass is 10.3. The topological polar surface area (TPSA) is 61.0 Å². The smallest absolute Gasteiger partial charge is 0.220 e. The van der Waals surface area contributed by atoms with Crippen LogP contribution in [0.15, 0.2) is 36.7 Å². The lowest BCUT2D eigenvalue weighted by molar-refractivity contribution is 0.478. The van der Waals surface area contributed by atoms with Gasteiger partial charge in [0.1, 0.15) is 5.75 Å². The van der Waals surface area contributed by atoms with Gasteiger partial charge in [-0.1, -0.05) is 17.7 Å². The van der Waals surface area contributed by atoms with Crippen molar-refractivity contribution in [3.8, 4) is 11.5 Å². The van der Waals surface area contributed by atoms with Gasteiger partial charge < -0.3 is 10.5 Å². The quantitative estimate of drug-likeness (QED) is 0.847. The molecule has 1 aromatic carbocycles. The molecule has 4 nitrogen and oxygen atoms in total. The average Bonchev–Trinajstić information content (AvgIpc) is 2.22. The molecule has 0 atom stereocenters. The van der Waals surface area contributed by atoms with Gasteiger partial charge >= 0.3 is 0 Å². The Hall–Kier alpha value is -1.81. The Bertz CT molecular complexity index is 458. The maximum absolute atomic E-state index is 5.81. The third kappa shape index (κ3) is 2.57. The predicted octanol–water partition coefficient (Wildman–Crippen LogP) is 2.50. The number of ether oxygens (including phenoxy) is 1. The molecule has 2 N–H and O–H groups in total. The molecule has 0 amide bonds. The van der Waals surface area contributed by atoms with Crippen LogP contribution in [0.1, 0.15) is 0 Å². The van der Waals surface area contributed by atoms with Crippen LogP contribution >= 0.6 is 11.6 Å². The Morgan fingerprint density at radius 2 is 1.87 bits per heavy atom. The molecular weight excluding hydrogens is 214 g/mol. The zero-order valence-electron chi connectivity index (χ0n) is 7.72. The summed E-state index contributed by atoms with van der Waals surface area (Å²) in [5.41, 5.74) is 5.35. The molecule has 0 unspecified atom stereocenters. The van der Waals surface area contributed by atoms with E-state index in [2.05, 4.69) is 9.97 Å². The van der Waals surface area contributed by atoms with Crippen LogP contribution in [0.4, 0.5) is 5.95 Å². The van der Waals surface area contributed by atoms with Crippen molar-refractivity contribution in [2.24, 2.45) is 0 Å².